The first-order valence-electron chi connectivity index (χ1n) is 6.30. The number of carbonyl (C=O) groups is 1. The molecule has 0 radical (unpaired) electrons. The monoisotopic (exact) mass is 280 g/mol. The summed E-state index contributed by atoms with van der Waals surface area (Å²) in [6, 6.07) is 0. The summed E-state index contributed by atoms with van der Waals surface area (Å²) in [6.07, 6.45) is 3.43. The summed E-state index contributed by atoms with van der Waals surface area (Å²) in [5, 5.41) is 11.5. The lowest BCUT2D eigenvalue weighted by Crippen LogP contribution is -2.39. The van der Waals surface area contributed by atoms with Crippen molar-refractivity contribution in [2.75, 3.05) is 18.0 Å². The molecule has 0 spiro atoms. The Morgan fingerprint density at radius 1 is 1.53 bits per heavy atom. The van der Waals surface area contributed by atoms with Gasteiger partial charge in [-0.3, -0.25) is 9.20 Å². The first-order chi connectivity index (χ1) is 9.20. The predicted molar refractivity (Wildman–Crippen MR) is 73.1 cm³/mol. The second-order valence-electron chi connectivity index (χ2n) is 4.76. The van der Waals surface area contributed by atoms with E-state index >= 15 is 0 Å². The number of nitrogens with zero attached hydrogens (tertiary/aromatic N) is 3. The third-order valence-corrected chi connectivity index (χ3v) is 4.44. The summed E-state index contributed by atoms with van der Waals surface area (Å²) in [6.45, 7) is 1.47. The number of piperidine rings is 1. The number of thiazole rings is 1. The van der Waals surface area contributed by atoms with Crippen LogP contribution < -0.4 is 10.6 Å². The molecule has 1 aliphatic rings. The van der Waals surface area contributed by atoms with Crippen molar-refractivity contribution in [2.45, 2.75) is 19.4 Å². The number of hydrogen-bond acceptors (Lipinski definition) is 5. The van der Waals surface area contributed by atoms with Crippen LogP contribution in [0.15, 0.2) is 11.6 Å². The van der Waals surface area contributed by atoms with Crippen LogP contribution in [0.5, 0.6) is 0 Å². The fourth-order valence-electron chi connectivity index (χ4n) is 2.60. The fraction of sp³-hybridized carbons (Fsp3) is 0.500. The Labute approximate surface area is 114 Å². The number of carbonyl (C=O) groups excluding carboxylic acids is 1. The van der Waals surface area contributed by atoms with Crippen molar-refractivity contribution in [2.24, 2.45) is 11.7 Å². The normalized spacial score (nSPS) is 17.2. The summed E-state index contributed by atoms with van der Waals surface area (Å²) in [4.78, 5) is 18.7. The first kappa shape index (κ1) is 12.4. The van der Waals surface area contributed by atoms with Crippen molar-refractivity contribution in [3.8, 4) is 0 Å². The van der Waals surface area contributed by atoms with Gasteiger partial charge in [-0.1, -0.05) is 0 Å². The summed E-state index contributed by atoms with van der Waals surface area (Å²) >= 11 is 1.55. The van der Waals surface area contributed by atoms with Crippen LogP contribution in [0.1, 0.15) is 18.5 Å². The Hall–Kier alpha value is -1.60. The molecular weight excluding hydrogens is 264 g/mol. The molecule has 3 rings (SSSR count). The topological polar surface area (TPSA) is 83.9 Å². The van der Waals surface area contributed by atoms with Crippen molar-refractivity contribution in [3.63, 3.8) is 0 Å². The molecule has 6 nitrogen and oxygen atoms in total. The van der Waals surface area contributed by atoms with Gasteiger partial charge in [0.05, 0.1) is 12.3 Å². The van der Waals surface area contributed by atoms with Crippen LogP contribution in [0.3, 0.4) is 0 Å². The molecule has 102 valence electrons. The number of aliphatic hydroxyl groups is 1. The number of anilines is 1. The molecule has 19 heavy (non-hydrogen) atoms. The second kappa shape index (κ2) is 4.82. The van der Waals surface area contributed by atoms with Crippen LogP contribution in [-0.4, -0.2) is 33.5 Å². The number of fused-ring (bicyclic) bond motifs is 1. The van der Waals surface area contributed by atoms with Gasteiger partial charge >= 0.3 is 0 Å². The van der Waals surface area contributed by atoms with Crippen molar-refractivity contribution in [3.05, 3.63) is 17.3 Å². The number of imidazole rings is 1. The number of rotatable bonds is 3. The average molecular weight is 280 g/mol. The zero-order chi connectivity index (χ0) is 13.4. The smallest absolute Gasteiger partial charge is 0.220 e. The van der Waals surface area contributed by atoms with Gasteiger partial charge in [0.25, 0.3) is 0 Å². The molecule has 0 unspecified atom stereocenters. The SMILES string of the molecule is NC(=O)C1CCN(c2nc3sccn3c2CO)CC1. The molecule has 0 saturated carbocycles. The Morgan fingerprint density at radius 2 is 2.26 bits per heavy atom. The van der Waals surface area contributed by atoms with Gasteiger partial charge in [-0.05, 0) is 12.8 Å². The van der Waals surface area contributed by atoms with E-state index in [9.17, 15) is 9.90 Å². The summed E-state index contributed by atoms with van der Waals surface area (Å²) < 4.78 is 1.92. The van der Waals surface area contributed by atoms with Crippen LogP contribution >= 0.6 is 11.3 Å². The van der Waals surface area contributed by atoms with Gasteiger partial charge in [-0.25, -0.2) is 4.98 Å². The number of aliphatic hydroxyl groups excluding tert-OH is 1. The summed E-state index contributed by atoms with van der Waals surface area (Å²) in [5.41, 5.74) is 6.15. The molecule has 0 atom stereocenters. The number of aromatic nitrogens is 2. The largest absolute Gasteiger partial charge is 0.390 e. The lowest BCUT2D eigenvalue weighted by molar-refractivity contribution is -0.122. The number of primary amides is 1. The van der Waals surface area contributed by atoms with E-state index in [2.05, 4.69) is 9.88 Å². The second-order valence-corrected chi connectivity index (χ2v) is 5.63. The molecule has 2 aromatic heterocycles. The van der Waals surface area contributed by atoms with E-state index in [4.69, 9.17) is 5.73 Å². The van der Waals surface area contributed by atoms with Crippen LogP contribution in [-0.2, 0) is 11.4 Å². The highest BCUT2D eigenvalue weighted by atomic mass is 32.1. The molecular formula is C12H16N4O2S. The van der Waals surface area contributed by atoms with E-state index in [1.54, 1.807) is 11.3 Å². The molecule has 1 fully saturated rings. The molecule has 2 aromatic rings. The van der Waals surface area contributed by atoms with Gasteiger partial charge in [0.2, 0.25) is 5.91 Å². The van der Waals surface area contributed by atoms with Crippen LogP contribution in [0.2, 0.25) is 0 Å². The number of nitrogens with two attached hydrogens (primary N) is 1. The van der Waals surface area contributed by atoms with Crippen LogP contribution in [0, 0.1) is 5.92 Å². The third kappa shape index (κ3) is 2.08. The lowest BCUT2D eigenvalue weighted by atomic mass is 9.96. The first-order valence-corrected chi connectivity index (χ1v) is 7.18. The number of hydrogen-bond donors (Lipinski definition) is 2. The van der Waals surface area contributed by atoms with Gasteiger partial charge in [-0.15, -0.1) is 11.3 Å². The maximum absolute atomic E-state index is 11.2. The van der Waals surface area contributed by atoms with E-state index in [-0.39, 0.29) is 18.4 Å². The zero-order valence-corrected chi connectivity index (χ0v) is 11.3. The van der Waals surface area contributed by atoms with Gasteiger partial charge < -0.3 is 15.7 Å². The molecule has 1 amide bonds. The zero-order valence-electron chi connectivity index (χ0n) is 10.5. The maximum Gasteiger partial charge on any atom is 0.220 e. The fourth-order valence-corrected chi connectivity index (χ4v) is 3.33. The minimum Gasteiger partial charge on any atom is -0.390 e. The Kier molecular flexibility index (Phi) is 3.16. The standard InChI is InChI=1S/C12H16N4O2S/c13-10(18)8-1-3-15(4-2-8)11-9(7-17)16-5-6-19-12(16)14-11/h5-6,8,17H,1-4,7H2,(H2,13,18). The Morgan fingerprint density at radius 3 is 2.89 bits per heavy atom. The number of amides is 1. The highest BCUT2D eigenvalue weighted by molar-refractivity contribution is 7.15. The van der Waals surface area contributed by atoms with E-state index in [0.29, 0.717) is 0 Å². The van der Waals surface area contributed by atoms with Crippen LogP contribution in [0.25, 0.3) is 4.96 Å². The Balaban J connectivity index is 1.85. The average Bonchev–Trinajstić information content (AvgIpc) is 2.98. The van der Waals surface area contributed by atoms with Gasteiger partial charge in [0.1, 0.15) is 0 Å². The quantitative estimate of drug-likeness (QED) is 0.862. The lowest BCUT2D eigenvalue weighted by Gasteiger charge is -2.31. The molecule has 3 N–H and O–H groups in total. The maximum atomic E-state index is 11.2. The van der Waals surface area contributed by atoms with Crippen LogP contribution in [0.4, 0.5) is 5.82 Å². The molecule has 1 aliphatic heterocycles. The molecule has 3 heterocycles. The van der Waals surface area contributed by atoms with Crippen molar-refractivity contribution in [1.29, 1.82) is 0 Å². The highest BCUT2D eigenvalue weighted by Gasteiger charge is 2.26. The third-order valence-electron chi connectivity index (χ3n) is 3.69. The van der Waals surface area contributed by atoms with E-state index in [1.165, 1.54) is 0 Å². The molecule has 1 saturated heterocycles. The highest BCUT2D eigenvalue weighted by Crippen LogP contribution is 2.28. The summed E-state index contributed by atoms with van der Waals surface area (Å²) in [5.74, 6) is 0.586. The van der Waals surface area contributed by atoms with Crippen molar-refractivity contribution >= 4 is 28.0 Å². The molecule has 0 aliphatic carbocycles. The Bertz CT molecular complexity index is 598. The van der Waals surface area contributed by atoms with Crippen molar-refractivity contribution in [1.82, 2.24) is 9.38 Å². The minimum absolute atomic E-state index is 0.0300. The van der Waals surface area contributed by atoms with Gasteiger partial charge in [-0.2, -0.15) is 0 Å². The molecule has 7 heteroatoms. The summed E-state index contributed by atoms with van der Waals surface area (Å²) in [7, 11) is 0. The molecule has 0 aromatic carbocycles. The molecule has 0 bridgehead atoms. The minimum atomic E-state index is -0.215. The van der Waals surface area contributed by atoms with E-state index in [1.807, 2.05) is 16.0 Å². The van der Waals surface area contributed by atoms with Gasteiger partial charge in [0.15, 0.2) is 10.8 Å². The predicted octanol–water partition coefficient (Wildman–Crippen LogP) is 0.590. The van der Waals surface area contributed by atoms with Gasteiger partial charge in [0, 0.05) is 30.6 Å². The van der Waals surface area contributed by atoms with E-state index < -0.39 is 0 Å². The van der Waals surface area contributed by atoms with Crippen molar-refractivity contribution < 1.29 is 9.90 Å². The van der Waals surface area contributed by atoms with E-state index in [0.717, 1.165) is 42.4 Å².